The molecular weight excluding hydrogens is 639 g/mol. The maximum Gasteiger partial charge on any atom is 0.333 e. The number of hydrogen-bond donors (Lipinski definition) is 0. The number of unbranched alkanes of at least 4 members (excludes halogenated alkanes) is 1. The van der Waals surface area contributed by atoms with E-state index in [4.69, 9.17) is 0 Å². The summed E-state index contributed by atoms with van der Waals surface area (Å²) < 4.78 is 0. The first-order chi connectivity index (χ1) is 26.0. The van der Waals surface area contributed by atoms with Crippen LogP contribution in [0.5, 0.6) is 0 Å². The zero-order valence-electron chi connectivity index (χ0n) is 31.0. The summed E-state index contributed by atoms with van der Waals surface area (Å²) in [6, 6.07) is 57.3. The zero-order chi connectivity index (χ0) is 35.8. The van der Waals surface area contributed by atoms with Crippen LogP contribution >= 0.6 is 0 Å². The summed E-state index contributed by atoms with van der Waals surface area (Å²) in [6.45, 7) is 9.34. The van der Waals surface area contributed by atoms with Crippen LogP contribution in [0.2, 0.25) is 0 Å². The summed E-state index contributed by atoms with van der Waals surface area (Å²) in [6.07, 6.45) is 3.44. The Labute approximate surface area is 314 Å². The Morgan fingerprint density at radius 2 is 1.30 bits per heavy atom. The van der Waals surface area contributed by atoms with E-state index in [0.717, 1.165) is 6.42 Å². The van der Waals surface area contributed by atoms with Gasteiger partial charge in [-0.05, 0) is 106 Å². The lowest BCUT2D eigenvalue weighted by Gasteiger charge is -2.47. The van der Waals surface area contributed by atoms with Gasteiger partial charge in [0.25, 0.3) is 0 Å². The molecule has 2 heterocycles. The van der Waals surface area contributed by atoms with E-state index in [1.165, 1.54) is 108 Å². The smallest absolute Gasteiger partial charge is 0.333 e. The van der Waals surface area contributed by atoms with Crippen LogP contribution in [-0.2, 0) is 11.8 Å². The highest BCUT2D eigenvalue weighted by atomic mass is 15.2. The van der Waals surface area contributed by atoms with Crippen molar-refractivity contribution in [3.8, 4) is 33.4 Å². The Morgan fingerprint density at radius 3 is 2.09 bits per heavy atom. The van der Waals surface area contributed by atoms with Gasteiger partial charge in [0.05, 0.1) is 11.4 Å². The molecule has 3 heteroatoms. The Kier molecular flexibility index (Phi) is 7.30. The van der Waals surface area contributed by atoms with E-state index >= 15 is 0 Å². The van der Waals surface area contributed by atoms with Gasteiger partial charge in [0.1, 0.15) is 0 Å². The maximum atomic E-state index is 2.66. The molecule has 7 aromatic carbocycles. The standard InChI is InChI=1S/C50H43BN2/c1-5-6-17-34-26-29-44(39(32-34)35-18-9-7-10-19-35)52-46-31-33(2)30-40-37-22-14-16-25-45(37)53(36-20-11-8-12-21-36)51(48(40)46)43-28-27-42-47(49(43)52)38-23-13-15-24-41(38)50(42,3)4/h7-16,18-32H,5-6,17H2,1-4H3. The van der Waals surface area contributed by atoms with Gasteiger partial charge in [0, 0.05) is 39.2 Å². The van der Waals surface area contributed by atoms with Crippen LogP contribution in [0.3, 0.4) is 0 Å². The van der Waals surface area contributed by atoms with Gasteiger partial charge in [-0.1, -0.05) is 142 Å². The van der Waals surface area contributed by atoms with Gasteiger partial charge in [-0.2, -0.15) is 0 Å². The second-order valence-corrected chi connectivity index (χ2v) is 15.6. The van der Waals surface area contributed by atoms with Crippen molar-refractivity contribution in [1.29, 1.82) is 0 Å². The average Bonchev–Trinajstić information content (AvgIpc) is 3.43. The van der Waals surface area contributed by atoms with E-state index in [2.05, 4.69) is 189 Å². The third-order valence-corrected chi connectivity index (χ3v) is 12.0. The molecular formula is C50H43BN2. The van der Waals surface area contributed by atoms with Crippen LogP contribution in [0.1, 0.15) is 55.9 Å². The summed E-state index contributed by atoms with van der Waals surface area (Å²) in [5.74, 6) is 0. The number of benzene rings is 7. The summed E-state index contributed by atoms with van der Waals surface area (Å²) in [7, 11) is 0. The van der Waals surface area contributed by atoms with Crippen LogP contribution in [0.4, 0.5) is 28.4 Å². The molecule has 3 aliphatic rings. The Morgan fingerprint density at radius 1 is 0.585 bits per heavy atom. The van der Waals surface area contributed by atoms with Crippen molar-refractivity contribution in [3.63, 3.8) is 0 Å². The fraction of sp³-hybridized carbons (Fsp3) is 0.160. The summed E-state index contributed by atoms with van der Waals surface area (Å²) in [4.78, 5) is 5.27. The number of hydrogen-bond acceptors (Lipinski definition) is 2. The molecule has 0 amide bonds. The van der Waals surface area contributed by atoms with Crippen LogP contribution in [0, 0.1) is 6.92 Å². The van der Waals surface area contributed by atoms with Crippen molar-refractivity contribution >= 4 is 46.2 Å². The van der Waals surface area contributed by atoms with E-state index in [-0.39, 0.29) is 12.3 Å². The highest BCUT2D eigenvalue weighted by Crippen LogP contribution is 2.56. The van der Waals surface area contributed by atoms with Crippen molar-refractivity contribution in [2.45, 2.75) is 52.4 Å². The molecule has 0 N–H and O–H groups in total. The highest BCUT2D eigenvalue weighted by Gasteiger charge is 2.48. The van der Waals surface area contributed by atoms with Crippen molar-refractivity contribution in [2.75, 3.05) is 9.71 Å². The first-order valence-electron chi connectivity index (χ1n) is 19.3. The van der Waals surface area contributed by atoms with Gasteiger partial charge in [-0.15, -0.1) is 0 Å². The third kappa shape index (κ3) is 4.73. The van der Waals surface area contributed by atoms with E-state index in [1.54, 1.807) is 0 Å². The van der Waals surface area contributed by atoms with Gasteiger partial charge in [-0.3, -0.25) is 0 Å². The zero-order valence-corrected chi connectivity index (χ0v) is 31.0. The molecule has 0 saturated carbocycles. The molecule has 0 spiro atoms. The van der Waals surface area contributed by atoms with Crippen molar-refractivity contribution in [2.24, 2.45) is 0 Å². The number of fused-ring (bicyclic) bond motifs is 8. The van der Waals surface area contributed by atoms with E-state index in [1.807, 2.05) is 0 Å². The fourth-order valence-corrected chi connectivity index (χ4v) is 9.61. The lowest BCUT2D eigenvalue weighted by Crippen LogP contribution is -2.61. The van der Waals surface area contributed by atoms with Crippen molar-refractivity contribution in [1.82, 2.24) is 0 Å². The first kappa shape index (κ1) is 31.9. The number of rotatable bonds is 6. The highest BCUT2D eigenvalue weighted by molar-refractivity contribution is 6.93. The van der Waals surface area contributed by atoms with Gasteiger partial charge >= 0.3 is 6.85 Å². The van der Waals surface area contributed by atoms with Crippen molar-refractivity contribution < 1.29 is 0 Å². The predicted octanol–water partition coefficient (Wildman–Crippen LogP) is 12.0. The average molecular weight is 683 g/mol. The lowest BCUT2D eigenvalue weighted by molar-refractivity contribution is 0.660. The molecule has 0 bridgehead atoms. The number of anilines is 5. The lowest BCUT2D eigenvalue weighted by atomic mass is 9.43. The van der Waals surface area contributed by atoms with Crippen LogP contribution in [-0.4, -0.2) is 6.85 Å². The minimum absolute atomic E-state index is 0.0191. The molecule has 0 saturated heterocycles. The van der Waals surface area contributed by atoms with Gasteiger partial charge in [0.15, 0.2) is 0 Å². The summed E-state index contributed by atoms with van der Waals surface area (Å²) in [5, 5.41) is 0. The largest absolute Gasteiger partial charge is 0.376 e. The topological polar surface area (TPSA) is 6.48 Å². The molecule has 0 fully saturated rings. The van der Waals surface area contributed by atoms with Gasteiger partial charge in [-0.25, -0.2) is 0 Å². The summed E-state index contributed by atoms with van der Waals surface area (Å²) in [5.41, 5.74) is 22.1. The molecule has 2 nitrogen and oxygen atoms in total. The molecule has 256 valence electrons. The molecule has 7 aromatic rings. The minimum Gasteiger partial charge on any atom is -0.376 e. The van der Waals surface area contributed by atoms with E-state index in [0.29, 0.717) is 0 Å². The predicted molar refractivity (Wildman–Crippen MR) is 227 cm³/mol. The third-order valence-electron chi connectivity index (χ3n) is 12.0. The molecule has 0 unspecified atom stereocenters. The second-order valence-electron chi connectivity index (χ2n) is 15.6. The van der Waals surface area contributed by atoms with Crippen LogP contribution < -0.4 is 20.6 Å². The monoisotopic (exact) mass is 682 g/mol. The van der Waals surface area contributed by atoms with Gasteiger partial charge < -0.3 is 9.71 Å². The number of aryl methyl sites for hydroxylation is 2. The molecule has 10 rings (SSSR count). The molecule has 0 atom stereocenters. The Balaban J connectivity index is 1.36. The Hall–Kier alpha value is -5.80. The fourth-order valence-electron chi connectivity index (χ4n) is 9.61. The molecule has 0 aromatic heterocycles. The molecule has 2 aliphatic heterocycles. The van der Waals surface area contributed by atoms with Crippen molar-refractivity contribution in [3.05, 3.63) is 174 Å². The number of nitrogens with zero attached hydrogens (tertiary/aromatic N) is 2. The summed E-state index contributed by atoms with van der Waals surface area (Å²) >= 11 is 0. The van der Waals surface area contributed by atoms with Crippen LogP contribution in [0.15, 0.2) is 152 Å². The second kappa shape index (κ2) is 12.1. The van der Waals surface area contributed by atoms with E-state index in [9.17, 15) is 0 Å². The first-order valence-corrected chi connectivity index (χ1v) is 19.3. The maximum absolute atomic E-state index is 2.66. The minimum atomic E-state index is -0.130. The molecule has 0 radical (unpaired) electrons. The normalized spacial score (nSPS) is 14.3. The SMILES string of the molecule is CCCCc1ccc(N2c3cc(C)cc4c3B(c3ccc5c(c32)-c2ccccc2C5(C)C)N(c2ccccc2)c2ccccc2-4)c(-c2ccccc2)c1. The molecule has 1 aliphatic carbocycles. The quantitative estimate of drug-likeness (QED) is 0.161. The van der Waals surface area contributed by atoms with Crippen LogP contribution in [0.25, 0.3) is 33.4 Å². The number of para-hydroxylation sites is 2. The molecule has 53 heavy (non-hydrogen) atoms. The van der Waals surface area contributed by atoms with E-state index < -0.39 is 0 Å². The van der Waals surface area contributed by atoms with Gasteiger partial charge in [0.2, 0.25) is 0 Å². The Bertz CT molecular complexity index is 2550.